The standard InChI is InChI=1S/C18H21BrO3S/c1-13(2)23-16-12-15(14-6-4-3-5-7-14)8-9-18(16,17(20)21)22-11-10-19/h3-9,12-13,15H,10-11H2,1-2H3,(H,20,21). The molecule has 0 heterocycles. The van der Waals surface area contributed by atoms with Gasteiger partial charge in [-0.05, 0) is 11.6 Å². The molecular weight excluding hydrogens is 376 g/mol. The summed E-state index contributed by atoms with van der Waals surface area (Å²) in [6.07, 6.45) is 5.63. The van der Waals surface area contributed by atoms with Crippen LogP contribution in [0.4, 0.5) is 0 Å². The highest BCUT2D eigenvalue weighted by Gasteiger charge is 2.44. The van der Waals surface area contributed by atoms with Crippen LogP contribution in [0.3, 0.4) is 0 Å². The minimum atomic E-state index is -1.38. The Hall–Kier alpha value is -1.04. The smallest absolute Gasteiger partial charge is 0.345 e. The number of thioether (sulfide) groups is 1. The third-order valence-corrected chi connectivity index (χ3v) is 5.00. The minimum Gasteiger partial charge on any atom is -0.479 e. The number of carboxylic acids is 1. The number of allylic oxidation sites excluding steroid dienone is 2. The van der Waals surface area contributed by atoms with Crippen molar-refractivity contribution in [1.29, 1.82) is 0 Å². The van der Waals surface area contributed by atoms with Crippen LogP contribution in [0.15, 0.2) is 53.5 Å². The van der Waals surface area contributed by atoms with Gasteiger partial charge in [-0.2, -0.15) is 0 Å². The summed E-state index contributed by atoms with van der Waals surface area (Å²) in [5, 5.41) is 10.7. The number of ether oxygens (including phenoxy) is 1. The lowest BCUT2D eigenvalue weighted by molar-refractivity contribution is -0.154. The van der Waals surface area contributed by atoms with E-state index in [1.807, 2.05) is 30.4 Å². The van der Waals surface area contributed by atoms with Crippen LogP contribution in [-0.2, 0) is 9.53 Å². The van der Waals surface area contributed by atoms with Gasteiger partial charge in [0.05, 0.1) is 6.61 Å². The van der Waals surface area contributed by atoms with Gasteiger partial charge in [-0.3, -0.25) is 0 Å². The predicted octanol–water partition coefficient (Wildman–Crippen LogP) is 4.60. The average Bonchev–Trinajstić information content (AvgIpc) is 2.54. The van der Waals surface area contributed by atoms with Crippen molar-refractivity contribution < 1.29 is 14.6 Å². The third-order valence-electron chi connectivity index (χ3n) is 3.51. The number of rotatable bonds is 7. The van der Waals surface area contributed by atoms with Gasteiger partial charge in [-0.1, -0.05) is 72.3 Å². The van der Waals surface area contributed by atoms with Gasteiger partial charge in [0.1, 0.15) is 0 Å². The van der Waals surface area contributed by atoms with E-state index in [1.54, 1.807) is 17.8 Å². The topological polar surface area (TPSA) is 46.5 Å². The van der Waals surface area contributed by atoms with Gasteiger partial charge in [0.15, 0.2) is 0 Å². The maximum atomic E-state index is 12.0. The fourth-order valence-corrected chi connectivity index (χ4v) is 3.77. The van der Waals surface area contributed by atoms with Crippen molar-refractivity contribution in [1.82, 2.24) is 0 Å². The fourth-order valence-electron chi connectivity index (χ4n) is 2.48. The van der Waals surface area contributed by atoms with E-state index in [0.29, 0.717) is 11.9 Å². The Morgan fingerprint density at radius 3 is 2.65 bits per heavy atom. The second-order valence-corrected chi connectivity index (χ2v) is 7.98. The lowest BCUT2D eigenvalue weighted by Gasteiger charge is -2.33. The average molecular weight is 397 g/mol. The number of hydrogen-bond donors (Lipinski definition) is 1. The van der Waals surface area contributed by atoms with Crippen molar-refractivity contribution in [3.05, 3.63) is 59.0 Å². The van der Waals surface area contributed by atoms with E-state index in [2.05, 4.69) is 41.9 Å². The summed E-state index contributed by atoms with van der Waals surface area (Å²) in [4.78, 5) is 12.7. The molecule has 2 atom stereocenters. The SMILES string of the molecule is CC(C)SC1=CC(c2ccccc2)C=CC1(OCCBr)C(=O)O. The number of hydrogen-bond acceptors (Lipinski definition) is 3. The monoisotopic (exact) mass is 396 g/mol. The number of benzene rings is 1. The van der Waals surface area contributed by atoms with Crippen LogP contribution in [0.2, 0.25) is 0 Å². The van der Waals surface area contributed by atoms with Crippen molar-refractivity contribution in [3.8, 4) is 0 Å². The van der Waals surface area contributed by atoms with Gasteiger partial charge < -0.3 is 9.84 Å². The normalized spacial score (nSPS) is 23.8. The van der Waals surface area contributed by atoms with E-state index in [0.717, 1.165) is 10.5 Å². The number of carboxylic acid groups (broad SMARTS) is 1. The van der Waals surface area contributed by atoms with E-state index in [9.17, 15) is 9.90 Å². The lowest BCUT2D eigenvalue weighted by atomic mass is 9.88. The molecule has 2 unspecified atom stereocenters. The molecule has 124 valence electrons. The molecule has 0 radical (unpaired) electrons. The van der Waals surface area contributed by atoms with Gasteiger partial charge >= 0.3 is 5.97 Å². The number of alkyl halides is 1. The zero-order valence-corrected chi connectivity index (χ0v) is 15.6. The molecule has 0 saturated carbocycles. The molecule has 1 aromatic carbocycles. The first kappa shape index (κ1) is 18.3. The molecule has 1 N–H and O–H groups in total. The van der Waals surface area contributed by atoms with Crippen molar-refractivity contribution >= 4 is 33.7 Å². The summed E-state index contributed by atoms with van der Waals surface area (Å²) in [6.45, 7) is 4.44. The number of halogens is 1. The molecule has 1 aromatic rings. The van der Waals surface area contributed by atoms with Gasteiger partial charge in [-0.15, -0.1) is 11.8 Å². The van der Waals surface area contributed by atoms with E-state index in [1.165, 1.54) is 0 Å². The molecule has 3 nitrogen and oxygen atoms in total. The van der Waals surface area contributed by atoms with Gasteiger partial charge in [-0.25, -0.2) is 4.79 Å². The first-order valence-corrected chi connectivity index (χ1v) is 9.56. The van der Waals surface area contributed by atoms with E-state index < -0.39 is 11.6 Å². The van der Waals surface area contributed by atoms with E-state index in [-0.39, 0.29) is 11.2 Å². The van der Waals surface area contributed by atoms with Crippen LogP contribution in [0.5, 0.6) is 0 Å². The fraction of sp³-hybridized carbons (Fsp3) is 0.389. The Morgan fingerprint density at radius 2 is 2.09 bits per heavy atom. The largest absolute Gasteiger partial charge is 0.479 e. The molecule has 0 fully saturated rings. The molecule has 1 aliphatic carbocycles. The molecule has 23 heavy (non-hydrogen) atoms. The van der Waals surface area contributed by atoms with Crippen LogP contribution in [0.1, 0.15) is 25.3 Å². The Balaban J connectivity index is 2.40. The van der Waals surface area contributed by atoms with Crippen LogP contribution < -0.4 is 0 Å². The molecule has 0 aliphatic heterocycles. The second-order valence-electron chi connectivity index (χ2n) is 5.57. The van der Waals surface area contributed by atoms with Gasteiger partial charge in [0.2, 0.25) is 5.60 Å². The quantitative estimate of drug-likeness (QED) is 0.540. The maximum absolute atomic E-state index is 12.0. The van der Waals surface area contributed by atoms with Gasteiger partial charge in [0, 0.05) is 21.4 Å². The summed E-state index contributed by atoms with van der Waals surface area (Å²) >= 11 is 4.85. The maximum Gasteiger partial charge on any atom is 0.345 e. The van der Waals surface area contributed by atoms with Crippen molar-refractivity contribution in [2.75, 3.05) is 11.9 Å². The van der Waals surface area contributed by atoms with Crippen LogP contribution in [0.25, 0.3) is 0 Å². The Labute approximate surface area is 149 Å². The zero-order chi connectivity index (χ0) is 16.9. The Kier molecular flexibility index (Phi) is 6.50. The van der Waals surface area contributed by atoms with Crippen molar-refractivity contribution in [2.45, 2.75) is 30.6 Å². The highest BCUT2D eigenvalue weighted by molar-refractivity contribution is 9.09. The Bertz CT molecular complexity index is 598. The molecule has 0 saturated heterocycles. The summed E-state index contributed by atoms with van der Waals surface area (Å²) in [7, 11) is 0. The van der Waals surface area contributed by atoms with Crippen LogP contribution >= 0.6 is 27.7 Å². The number of carbonyl (C=O) groups is 1. The molecular formula is C18H21BrO3S. The first-order valence-electron chi connectivity index (χ1n) is 7.56. The minimum absolute atomic E-state index is 0.0671. The van der Waals surface area contributed by atoms with E-state index in [4.69, 9.17) is 4.74 Å². The highest BCUT2D eigenvalue weighted by atomic mass is 79.9. The predicted molar refractivity (Wildman–Crippen MR) is 99.2 cm³/mol. The summed E-state index contributed by atoms with van der Waals surface area (Å²) in [5.74, 6) is -0.905. The van der Waals surface area contributed by atoms with Crippen LogP contribution in [-0.4, -0.2) is 33.9 Å². The second kappa shape index (κ2) is 8.18. The Morgan fingerprint density at radius 1 is 1.39 bits per heavy atom. The molecule has 0 amide bonds. The van der Waals surface area contributed by atoms with Gasteiger partial charge in [0.25, 0.3) is 0 Å². The summed E-state index contributed by atoms with van der Waals surface area (Å²) in [6, 6.07) is 10.1. The number of aliphatic carboxylic acids is 1. The molecule has 0 aromatic heterocycles. The molecule has 2 rings (SSSR count). The zero-order valence-electron chi connectivity index (χ0n) is 13.2. The first-order chi connectivity index (χ1) is 11.0. The van der Waals surface area contributed by atoms with Crippen LogP contribution in [0, 0.1) is 0 Å². The summed E-state index contributed by atoms with van der Waals surface area (Å²) in [5.41, 5.74) is -0.237. The van der Waals surface area contributed by atoms with Crippen molar-refractivity contribution in [3.63, 3.8) is 0 Å². The lowest BCUT2D eigenvalue weighted by Crippen LogP contribution is -2.43. The van der Waals surface area contributed by atoms with Crippen molar-refractivity contribution in [2.24, 2.45) is 0 Å². The molecule has 1 aliphatic rings. The molecule has 0 bridgehead atoms. The molecule has 5 heteroatoms. The van der Waals surface area contributed by atoms with E-state index >= 15 is 0 Å². The highest BCUT2D eigenvalue weighted by Crippen LogP contribution is 2.42. The summed E-state index contributed by atoms with van der Waals surface area (Å²) < 4.78 is 5.76. The molecule has 0 spiro atoms. The third kappa shape index (κ3) is 4.28.